The summed E-state index contributed by atoms with van der Waals surface area (Å²) in [5, 5.41) is 21.7. The average Bonchev–Trinajstić information content (AvgIpc) is 1.79. The molecule has 4 fully saturated rings. The molecule has 4 aliphatic rings. The Morgan fingerprint density at radius 3 is 1.33 bits per heavy atom. The summed E-state index contributed by atoms with van der Waals surface area (Å²) in [5.41, 5.74) is 7.18. The predicted octanol–water partition coefficient (Wildman–Crippen LogP) is 7.26. The Morgan fingerprint density at radius 1 is 0.526 bits per heavy atom. The molecule has 0 aliphatic carbocycles. The lowest BCUT2D eigenvalue weighted by Crippen LogP contribution is -2.56. The van der Waals surface area contributed by atoms with E-state index in [4.69, 9.17) is 4.42 Å². The molecule has 4 aliphatic heterocycles. The van der Waals surface area contributed by atoms with Crippen molar-refractivity contribution in [3.63, 3.8) is 0 Å². The Bertz CT molecular complexity index is 3970. The van der Waals surface area contributed by atoms with Gasteiger partial charge in [0, 0.05) is 35.5 Å². The second-order valence-electron chi connectivity index (χ2n) is 26.3. The van der Waals surface area contributed by atoms with Gasteiger partial charge in [0.2, 0.25) is 23.6 Å². The SMILES string of the molecule is C=CC(C)(C)c1[nH]cnc1/C=C1\NC(=O)[C@H](C(C)C)NC1=O.C=CC(C)(C)c1[nH]cnc1/C=C1\NC(=O)[C@H](Cc2ccccc2)NC1=O.CC(C)(C)c1ocnc1/C=C1\NC(=O)[C@H](Cc2ccccc2)NC1=O.CC(C)=CCc1ncc(/C=C2\NC(=O)[C@H](C(C)C)NC2=O)[nH]1. The highest BCUT2D eigenvalue weighted by Crippen LogP contribution is 2.29. The summed E-state index contributed by atoms with van der Waals surface area (Å²) in [6.07, 6.45) is 19.7. The van der Waals surface area contributed by atoms with Gasteiger partial charge in [-0.2, -0.15) is 0 Å². The minimum Gasteiger partial charge on any atom is -0.447 e. The third-order valence-electron chi connectivity index (χ3n) is 15.7. The van der Waals surface area contributed by atoms with Crippen LogP contribution in [0.1, 0.15) is 147 Å². The molecule has 4 saturated heterocycles. The highest BCUT2D eigenvalue weighted by molar-refractivity contribution is 6.09. The van der Waals surface area contributed by atoms with Crippen LogP contribution >= 0.6 is 0 Å². The lowest BCUT2D eigenvalue weighted by molar-refractivity contribution is -0.132. The van der Waals surface area contributed by atoms with E-state index in [1.165, 1.54) is 12.0 Å². The Balaban J connectivity index is 0.000000179. The van der Waals surface area contributed by atoms with Gasteiger partial charge in [-0.15, -0.1) is 13.2 Å². The fourth-order valence-electron chi connectivity index (χ4n) is 10.00. The maximum absolute atomic E-state index is 12.4. The van der Waals surface area contributed by atoms with Gasteiger partial charge in [0.1, 0.15) is 64.2 Å². The van der Waals surface area contributed by atoms with Gasteiger partial charge in [0.15, 0.2) is 6.39 Å². The van der Waals surface area contributed by atoms with E-state index in [-0.39, 0.29) is 98.1 Å². The second-order valence-corrected chi connectivity index (χ2v) is 26.3. The van der Waals surface area contributed by atoms with E-state index >= 15 is 0 Å². The van der Waals surface area contributed by atoms with Crippen LogP contribution in [-0.2, 0) is 73.9 Å². The number of benzene rings is 2. The van der Waals surface area contributed by atoms with E-state index in [1.807, 2.05) is 151 Å². The van der Waals surface area contributed by atoms with E-state index < -0.39 is 24.2 Å². The quantitative estimate of drug-likeness (QED) is 0.0336. The van der Waals surface area contributed by atoms with Crippen molar-refractivity contribution in [2.45, 2.75) is 150 Å². The number of oxazole rings is 1. The predicted molar refractivity (Wildman–Crippen MR) is 363 cm³/mol. The summed E-state index contributed by atoms with van der Waals surface area (Å²) in [6.45, 7) is 33.2. The molecule has 0 saturated carbocycles. The Kier molecular flexibility index (Phi) is 23.6. The van der Waals surface area contributed by atoms with Crippen LogP contribution in [0.2, 0.25) is 0 Å². The number of nitrogens with zero attached hydrogens (tertiary/aromatic N) is 4. The Labute approximate surface area is 553 Å². The number of carbonyl (C=O) groups is 8. The smallest absolute Gasteiger partial charge is 0.268 e. The molecule has 10 rings (SSSR count). The molecule has 4 aromatic heterocycles. The first-order valence-electron chi connectivity index (χ1n) is 31.3. The number of rotatable bonds is 16. The van der Waals surface area contributed by atoms with E-state index in [0.29, 0.717) is 47.8 Å². The number of hydrogen-bond acceptors (Lipinski definition) is 13. The largest absolute Gasteiger partial charge is 0.447 e. The minimum absolute atomic E-state index is 0.0335. The van der Waals surface area contributed by atoms with Gasteiger partial charge in [-0.25, -0.2) is 19.9 Å². The zero-order chi connectivity index (χ0) is 69.5. The molecule has 6 aromatic rings. The summed E-state index contributed by atoms with van der Waals surface area (Å²) in [6, 6.07) is 17.0. The summed E-state index contributed by atoms with van der Waals surface area (Å²) >= 11 is 0. The van der Waals surface area contributed by atoms with Crippen molar-refractivity contribution in [2.75, 3.05) is 0 Å². The number of allylic oxidation sites excluding steroid dienone is 4. The van der Waals surface area contributed by atoms with Crippen molar-refractivity contribution in [1.82, 2.24) is 77.4 Å². The standard InChI is InChI=1S/C20H22N4O2.C19H21N3O3.2C16H22N4O2/c1-4-20(2,3)17-14(21-12-22-17)11-16-19(26)23-15(18(25)24-16)10-13-8-6-5-7-9-13;1-19(2,3)16-13(20-11-25-16)10-15-18(24)21-14(17(23)22-15)9-12-7-5-4-6-8-12;1-9(2)5-6-13-17-8-11(18-13)7-12-15(21)20-14(10(3)4)16(22)19-12;1-6-16(4,5)13-10(17-8-18-13)7-11-14(21)20-12(9(2)3)15(22)19-11/h4-9,11-12,15H,1,10H2,2-3H3,(H,21,22)(H,23,26)(H,24,25);4-8,10-11,14H,9H2,1-3H3,(H,21,24)(H,22,23);5,7-8,10,14H,6H2,1-4H3,(H,17,18)(H,19,22)(H,20,21);6-9,12H,1H2,2-5H3,(H,17,18)(H,19,22)(H,20,21)/b16-11-;15-10-;12-7-;11-7-/t15-;2*14-;12-/m0000/s1. The molecular weight excluding hydrogens is 1210 g/mol. The van der Waals surface area contributed by atoms with Gasteiger partial charge in [-0.3, -0.25) is 38.4 Å². The number of aromatic amines is 3. The van der Waals surface area contributed by atoms with Gasteiger partial charge in [0.05, 0.1) is 47.3 Å². The number of hydrogen-bond donors (Lipinski definition) is 11. The van der Waals surface area contributed by atoms with E-state index in [1.54, 1.807) is 55.3 Å². The van der Waals surface area contributed by atoms with Gasteiger partial charge in [-0.1, -0.05) is 161 Å². The fraction of sp³-hybridized carbons (Fsp3) is 0.352. The first-order valence-corrected chi connectivity index (χ1v) is 31.3. The molecule has 2 aromatic carbocycles. The van der Waals surface area contributed by atoms with Crippen molar-refractivity contribution in [2.24, 2.45) is 11.8 Å². The minimum atomic E-state index is -0.592. The van der Waals surface area contributed by atoms with Crippen LogP contribution in [0.15, 0.2) is 150 Å². The fourth-order valence-corrected chi connectivity index (χ4v) is 10.00. The number of carbonyl (C=O) groups excluding carboxylic acids is 8. The van der Waals surface area contributed by atoms with Crippen LogP contribution in [0, 0.1) is 11.8 Å². The average molecular weight is 1290 g/mol. The maximum Gasteiger partial charge on any atom is 0.268 e. The first-order chi connectivity index (χ1) is 44.9. The van der Waals surface area contributed by atoms with Crippen molar-refractivity contribution in [3.05, 3.63) is 203 Å². The zero-order valence-corrected chi connectivity index (χ0v) is 56.1. The van der Waals surface area contributed by atoms with Gasteiger partial charge in [-0.05, 0) is 61.1 Å². The molecule has 24 heteroatoms. The highest BCUT2D eigenvalue weighted by atomic mass is 16.3. The molecule has 0 radical (unpaired) electrons. The second kappa shape index (κ2) is 31.2. The number of imidazole rings is 3. The van der Waals surface area contributed by atoms with Crippen molar-refractivity contribution in [3.8, 4) is 0 Å². The van der Waals surface area contributed by atoms with Gasteiger partial charge in [0.25, 0.3) is 23.6 Å². The molecule has 4 atom stereocenters. The topological polar surface area (TPSA) is 345 Å². The van der Waals surface area contributed by atoms with Crippen LogP contribution in [0.4, 0.5) is 0 Å². The third kappa shape index (κ3) is 19.2. The number of H-pyrrole nitrogens is 3. The molecule has 95 heavy (non-hydrogen) atoms. The van der Waals surface area contributed by atoms with Gasteiger partial charge >= 0.3 is 0 Å². The molecule has 0 spiro atoms. The van der Waals surface area contributed by atoms with E-state index in [9.17, 15) is 38.4 Å². The Hall–Kier alpha value is -10.8. The van der Waals surface area contributed by atoms with E-state index in [2.05, 4.69) is 96.7 Å². The highest BCUT2D eigenvalue weighted by Gasteiger charge is 2.36. The van der Waals surface area contributed by atoms with Crippen LogP contribution < -0.4 is 42.5 Å². The zero-order valence-electron chi connectivity index (χ0n) is 56.1. The molecule has 24 nitrogen and oxygen atoms in total. The van der Waals surface area contributed by atoms with Crippen LogP contribution in [-0.4, -0.2) is 106 Å². The molecule has 11 N–H and O–H groups in total. The normalized spacial score (nSPS) is 19.9. The molecule has 0 bridgehead atoms. The molecule has 0 unspecified atom stereocenters. The number of piperazine rings is 4. The van der Waals surface area contributed by atoms with Crippen LogP contribution in [0.3, 0.4) is 0 Å². The first kappa shape index (κ1) is 71.7. The lowest BCUT2D eigenvalue weighted by atomic mass is 9.88. The molecule has 8 amide bonds. The monoisotopic (exact) mass is 1290 g/mol. The summed E-state index contributed by atoms with van der Waals surface area (Å²) in [7, 11) is 0. The van der Waals surface area contributed by atoms with Crippen molar-refractivity contribution in [1.29, 1.82) is 0 Å². The van der Waals surface area contributed by atoms with Crippen LogP contribution in [0.25, 0.3) is 24.3 Å². The van der Waals surface area contributed by atoms with Crippen LogP contribution in [0.5, 0.6) is 0 Å². The Morgan fingerprint density at radius 2 is 0.926 bits per heavy atom. The molecule has 500 valence electrons. The van der Waals surface area contributed by atoms with E-state index in [0.717, 1.165) is 28.3 Å². The molecule has 8 heterocycles. The number of amides is 8. The summed E-state index contributed by atoms with van der Waals surface area (Å²) in [4.78, 5) is 124. The lowest BCUT2D eigenvalue weighted by Gasteiger charge is -2.27. The van der Waals surface area contributed by atoms with Gasteiger partial charge < -0.3 is 61.9 Å². The number of aromatic nitrogens is 7. The third-order valence-corrected chi connectivity index (χ3v) is 15.7. The maximum atomic E-state index is 12.4. The number of nitrogens with one attached hydrogen (secondary N) is 11. The molecular formula is C71H87N15O9. The summed E-state index contributed by atoms with van der Waals surface area (Å²) < 4.78 is 5.43. The van der Waals surface area contributed by atoms with Crippen molar-refractivity contribution < 1.29 is 42.8 Å². The van der Waals surface area contributed by atoms with Crippen molar-refractivity contribution >= 4 is 71.6 Å². The summed E-state index contributed by atoms with van der Waals surface area (Å²) in [5.74, 6) is -0.549.